The third-order valence-corrected chi connectivity index (χ3v) is 4.60. The number of urea groups is 1. The number of hydrogen-bond donors (Lipinski definition) is 2. The Hall–Kier alpha value is -1.63. The largest absolute Gasteiger partial charge is 0.379 e. The van der Waals surface area contributed by atoms with Crippen molar-refractivity contribution in [2.45, 2.75) is 64.0 Å². The Labute approximate surface area is 137 Å². The lowest BCUT2D eigenvalue weighted by Crippen LogP contribution is -2.50. The van der Waals surface area contributed by atoms with E-state index in [0.717, 1.165) is 56.9 Å². The van der Waals surface area contributed by atoms with Crippen LogP contribution in [0.2, 0.25) is 0 Å². The fourth-order valence-corrected chi connectivity index (χ4v) is 3.27. The molecule has 2 aliphatic heterocycles. The van der Waals surface area contributed by atoms with Gasteiger partial charge in [-0.2, -0.15) is 5.10 Å². The highest BCUT2D eigenvalue weighted by molar-refractivity contribution is 5.75. The van der Waals surface area contributed by atoms with E-state index in [1.165, 1.54) is 0 Å². The van der Waals surface area contributed by atoms with Gasteiger partial charge in [0, 0.05) is 19.1 Å². The summed E-state index contributed by atoms with van der Waals surface area (Å²) in [5.74, 6) is 1.90. The molecule has 3 rings (SSSR count). The number of nitrogens with zero attached hydrogens (tertiary/aromatic N) is 3. The SMILES string of the molecule is CC(C)c1n[nH]c(C2CCCCN2C(=O)NC2CCCOC2)n1. The average molecular weight is 321 g/mol. The minimum Gasteiger partial charge on any atom is -0.379 e. The molecule has 0 saturated carbocycles. The summed E-state index contributed by atoms with van der Waals surface area (Å²) < 4.78 is 5.45. The number of aromatic amines is 1. The fourth-order valence-electron chi connectivity index (χ4n) is 3.27. The summed E-state index contributed by atoms with van der Waals surface area (Å²) in [5.41, 5.74) is 0. The minimum atomic E-state index is -0.00676. The zero-order valence-electron chi connectivity index (χ0n) is 14.0. The third kappa shape index (κ3) is 3.83. The number of ether oxygens (including phenoxy) is 1. The van der Waals surface area contributed by atoms with E-state index in [1.807, 2.05) is 4.90 Å². The van der Waals surface area contributed by atoms with Gasteiger partial charge in [0.05, 0.1) is 18.7 Å². The Bertz CT molecular complexity index is 524. The molecule has 2 saturated heterocycles. The molecule has 0 radical (unpaired) electrons. The van der Waals surface area contributed by atoms with Gasteiger partial charge in [-0.1, -0.05) is 13.8 Å². The van der Waals surface area contributed by atoms with Crippen LogP contribution < -0.4 is 5.32 Å². The molecule has 2 N–H and O–H groups in total. The summed E-state index contributed by atoms with van der Waals surface area (Å²) in [4.78, 5) is 19.2. The van der Waals surface area contributed by atoms with E-state index in [4.69, 9.17) is 4.74 Å². The maximum absolute atomic E-state index is 12.7. The molecule has 7 nitrogen and oxygen atoms in total. The summed E-state index contributed by atoms with van der Waals surface area (Å²) in [6.45, 7) is 6.32. The average Bonchev–Trinajstić information content (AvgIpc) is 3.06. The maximum atomic E-state index is 12.7. The van der Waals surface area contributed by atoms with Crippen LogP contribution in [0.15, 0.2) is 0 Å². The number of H-pyrrole nitrogens is 1. The van der Waals surface area contributed by atoms with E-state index in [0.29, 0.717) is 6.61 Å². The van der Waals surface area contributed by atoms with Crippen molar-refractivity contribution in [1.82, 2.24) is 25.4 Å². The van der Waals surface area contributed by atoms with Gasteiger partial charge in [0.2, 0.25) is 0 Å². The number of carbonyl (C=O) groups is 1. The van der Waals surface area contributed by atoms with Crippen LogP contribution >= 0.6 is 0 Å². The van der Waals surface area contributed by atoms with E-state index in [2.05, 4.69) is 34.3 Å². The van der Waals surface area contributed by atoms with Crippen LogP contribution in [-0.2, 0) is 4.74 Å². The van der Waals surface area contributed by atoms with Gasteiger partial charge in [0.15, 0.2) is 5.82 Å². The van der Waals surface area contributed by atoms with Crippen molar-refractivity contribution in [1.29, 1.82) is 0 Å². The van der Waals surface area contributed by atoms with E-state index in [1.54, 1.807) is 0 Å². The molecule has 2 atom stereocenters. The molecule has 2 amide bonds. The molecule has 23 heavy (non-hydrogen) atoms. The van der Waals surface area contributed by atoms with Crippen LogP contribution in [0.4, 0.5) is 4.79 Å². The van der Waals surface area contributed by atoms with Crippen molar-refractivity contribution in [2.24, 2.45) is 0 Å². The summed E-state index contributed by atoms with van der Waals surface area (Å²) in [6.07, 6.45) is 5.08. The second-order valence-corrected chi connectivity index (χ2v) is 6.80. The Morgan fingerprint density at radius 3 is 2.91 bits per heavy atom. The van der Waals surface area contributed by atoms with Gasteiger partial charge < -0.3 is 15.0 Å². The molecule has 2 aliphatic rings. The van der Waals surface area contributed by atoms with Crippen molar-refractivity contribution >= 4 is 6.03 Å². The smallest absolute Gasteiger partial charge is 0.318 e. The van der Waals surface area contributed by atoms with E-state index >= 15 is 0 Å². The zero-order chi connectivity index (χ0) is 16.2. The third-order valence-electron chi connectivity index (χ3n) is 4.60. The predicted octanol–water partition coefficient (Wildman–Crippen LogP) is 2.34. The molecule has 128 valence electrons. The van der Waals surface area contributed by atoms with Gasteiger partial charge in [-0.25, -0.2) is 9.78 Å². The molecule has 0 bridgehead atoms. The monoisotopic (exact) mass is 321 g/mol. The molecule has 0 aliphatic carbocycles. The summed E-state index contributed by atoms with van der Waals surface area (Å²) in [7, 11) is 0. The first-order chi connectivity index (χ1) is 11.1. The highest BCUT2D eigenvalue weighted by Crippen LogP contribution is 2.29. The Morgan fingerprint density at radius 2 is 2.22 bits per heavy atom. The van der Waals surface area contributed by atoms with Crippen molar-refractivity contribution in [2.75, 3.05) is 19.8 Å². The van der Waals surface area contributed by atoms with Gasteiger partial charge in [-0.15, -0.1) is 0 Å². The maximum Gasteiger partial charge on any atom is 0.318 e. The lowest BCUT2D eigenvalue weighted by atomic mass is 10.0. The molecule has 3 heterocycles. The minimum absolute atomic E-state index is 0.00624. The van der Waals surface area contributed by atoms with Gasteiger partial charge in [0.25, 0.3) is 0 Å². The highest BCUT2D eigenvalue weighted by Gasteiger charge is 2.31. The summed E-state index contributed by atoms with van der Waals surface area (Å²) in [5, 5.41) is 10.4. The molecule has 1 aromatic rings. The first-order valence-corrected chi connectivity index (χ1v) is 8.72. The number of likely N-dealkylation sites (tertiary alicyclic amines) is 1. The van der Waals surface area contributed by atoms with E-state index < -0.39 is 0 Å². The normalized spacial score (nSPS) is 25.6. The molecule has 1 aromatic heterocycles. The van der Waals surface area contributed by atoms with Crippen LogP contribution in [0.5, 0.6) is 0 Å². The predicted molar refractivity (Wildman–Crippen MR) is 86.1 cm³/mol. The number of nitrogens with one attached hydrogen (secondary N) is 2. The molecular weight excluding hydrogens is 294 g/mol. The van der Waals surface area contributed by atoms with E-state index in [-0.39, 0.29) is 24.0 Å². The number of piperidine rings is 1. The lowest BCUT2D eigenvalue weighted by Gasteiger charge is -2.36. The summed E-state index contributed by atoms with van der Waals surface area (Å²) in [6, 6.07) is 0.112. The first kappa shape index (κ1) is 16.2. The molecule has 2 fully saturated rings. The molecule has 2 unspecified atom stereocenters. The zero-order valence-corrected chi connectivity index (χ0v) is 14.0. The van der Waals surface area contributed by atoms with Crippen LogP contribution in [0.1, 0.15) is 69.6 Å². The van der Waals surface area contributed by atoms with E-state index in [9.17, 15) is 4.79 Å². The number of hydrogen-bond acceptors (Lipinski definition) is 4. The highest BCUT2D eigenvalue weighted by atomic mass is 16.5. The fraction of sp³-hybridized carbons (Fsp3) is 0.812. The van der Waals surface area contributed by atoms with Crippen molar-refractivity contribution in [3.05, 3.63) is 11.6 Å². The van der Waals surface area contributed by atoms with Crippen molar-refractivity contribution in [3.8, 4) is 0 Å². The van der Waals surface area contributed by atoms with Crippen molar-refractivity contribution < 1.29 is 9.53 Å². The number of amides is 2. The number of carbonyl (C=O) groups excluding carboxylic acids is 1. The van der Waals surface area contributed by atoms with Crippen LogP contribution in [0.3, 0.4) is 0 Å². The Kier molecular flexibility index (Phi) is 5.15. The number of rotatable bonds is 3. The molecule has 0 aromatic carbocycles. The molecular formula is C16H27N5O2. The second kappa shape index (κ2) is 7.29. The quantitative estimate of drug-likeness (QED) is 0.895. The van der Waals surface area contributed by atoms with Crippen LogP contribution in [0.25, 0.3) is 0 Å². The van der Waals surface area contributed by atoms with Crippen LogP contribution in [-0.4, -0.2) is 51.9 Å². The first-order valence-electron chi connectivity index (χ1n) is 8.72. The summed E-state index contributed by atoms with van der Waals surface area (Å²) >= 11 is 0. The van der Waals surface area contributed by atoms with Gasteiger partial charge >= 0.3 is 6.03 Å². The molecule has 0 spiro atoms. The Balaban J connectivity index is 1.68. The van der Waals surface area contributed by atoms with Crippen molar-refractivity contribution in [3.63, 3.8) is 0 Å². The molecule has 7 heteroatoms. The number of aromatic nitrogens is 3. The topological polar surface area (TPSA) is 83.1 Å². The second-order valence-electron chi connectivity index (χ2n) is 6.80. The Morgan fingerprint density at radius 1 is 1.35 bits per heavy atom. The van der Waals surface area contributed by atoms with Gasteiger partial charge in [-0.3, -0.25) is 5.10 Å². The van der Waals surface area contributed by atoms with Gasteiger partial charge in [-0.05, 0) is 32.1 Å². The lowest BCUT2D eigenvalue weighted by molar-refractivity contribution is 0.0676. The van der Waals surface area contributed by atoms with Crippen LogP contribution in [0, 0.1) is 0 Å². The standard InChI is InChI=1S/C16H27N5O2/c1-11(2)14-18-15(20-19-14)13-7-3-4-8-21(13)16(22)17-12-6-5-9-23-10-12/h11-13H,3-10H2,1-2H3,(H,17,22)(H,18,19,20). The van der Waals surface area contributed by atoms with Gasteiger partial charge in [0.1, 0.15) is 5.82 Å².